The number of halogens is 1. The van der Waals surface area contributed by atoms with Crippen molar-refractivity contribution in [3.8, 4) is 11.5 Å². The van der Waals surface area contributed by atoms with Crippen molar-refractivity contribution in [1.29, 1.82) is 0 Å². The summed E-state index contributed by atoms with van der Waals surface area (Å²) in [7, 11) is 3.20. The summed E-state index contributed by atoms with van der Waals surface area (Å²) in [6.45, 7) is 2.19. The average Bonchev–Trinajstić information content (AvgIpc) is 2.96. The molecule has 1 amide bonds. The maximum absolute atomic E-state index is 12.4. The van der Waals surface area contributed by atoms with E-state index in [-0.39, 0.29) is 18.3 Å². The molecule has 1 heterocycles. The number of benzene rings is 1. The molecule has 2 N–H and O–H groups in total. The monoisotopic (exact) mass is 314 g/mol. The zero-order valence-electron chi connectivity index (χ0n) is 12.5. The molecule has 1 aliphatic heterocycles. The van der Waals surface area contributed by atoms with Crippen LogP contribution in [0.4, 0.5) is 0 Å². The minimum atomic E-state index is 0. The van der Waals surface area contributed by atoms with E-state index in [0.29, 0.717) is 30.4 Å². The molecule has 1 unspecified atom stereocenters. The molecule has 6 heteroatoms. The Hall–Kier alpha value is -1.46. The first-order valence-corrected chi connectivity index (χ1v) is 6.87. The van der Waals surface area contributed by atoms with Crippen LogP contribution in [0, 0.1) is 5.92 Å². The first kappa shape index (κ1) is 17.6. The number of amides is 1. The molecule has 1 aliphatic rings. The Morgan fingerprint density at radius 1 is 1.33 bits per heavy atom. The second-order valence-corrected chi connectivity index (χ2v) is 5.05. The van der Waals surface area contributed by atoms with Crippen molar-refractivity contribution in [2.45, 2.75) is 12.8 Å². The van der Waals surface area contributed by atoms with Gasteiger partial charge in [0, 0.05) is 18.7 Å². The van der Waals surface area contributed by atoms with E-state index in [1.54, 1.807) is 14.2 Å². The standard InChI is InChI=1S/C15H22N2O3.ClH/c1-19-13-4-3-5-14(20-2)12(13)8-15(18)17-7-6-11(9-16)10-17;/h3-5,11H,6-10,16H2,1-2H3;1H. The smallest absolute Gasteiger partial charge is 0.227 e. The number of likely N-dealkylation sites (tertiary alicyclic amines) is 1. The number of hydrogen-bond acceptors (Lipinski definition) is 4. The first-order valence-electron chi connectivity index (χ1n) is 6.87. The molecule has 2 rings (SSSR count). The van der Waals surface area contributed by atoms with E-state index in [1.165, 1.54) is 0 Å². The van der Waals surface area contributed by atoms with Crippen molar-refractivity contribution in [1.82, 2.24) is 4.90 Å². The van der Waals surface area contributed by atoms with Crippen LogP contribution in [0.3, 0.4) is 0 Å². The molecule has 5 nitrogen and oxygen atoms in total. The number of nitrogens with two attached hydrogens (primary N) is 1. The fourth-order valence-electron chi connectivity index (χ4n) is 2.62. The fraction of sp³-hybridized carbons (Fsp3) is 0.533. The molecule has 0 aliphatic carbocycles. The van der Waals surface area contributed by atoms with Crippen LogP contribution in [0.1, 0.15) is 12.0 Å². The van der Waals surface area contributed by atoms with Gasteiger partial charge in [0.15, 0.2) is 0 Å². The van der Waals surface area contributed by atoms with Gasteiger partial charge >= 0.3 is 0 Å². The van der Waals surface area contributed by atoms with Crippen molar-refractivity contribution in [3.05, 3.63) is 23.8 Å². The van der Waals surface area contributed by atoms with E-state index >= 15 is 0 Å². The van der Waals surface area contributed by atoms with Gasteiger partial charge < -0.3 is 20.1 Å². The molecule has 0 spiro atoms. The van der Waals surface area contributed by atoms with Crippen LogP contribution in [0.15, 0.2) is 18.2 Å². The van der Waals surface area contributed by atoms with Gasteiger partial charge in [0.1, 0.15) is 11.5 Å². The molecule has 118 valence electrons. The summed E-state index contributed by atoms with van der Waals surface area (Å²) < 4.78 is 10.6. The quantitative estimate of drug-likeness (QED) is 0.894. The van der Waals surface area contributed by atoms with Gasteiger partial charge in [0.25, 0.3) is 0 Å². The Bertz CT molecular complexity index is 460. The van der Waals surface area contributed by atoms with Gasteiger partial charge in [-0.25, -0.2) is 0 Å². The second kappa shape index (κ2) is 8.10. The Balaban J connectivity index is 0.00000220. The molecule has 21 heavy (non-hydrogen) atoms. The van der Waals surface area contributed by atoms with E-state index in [0.717, 1.165) is 25.1 Å². The summed E-state index contributed by atoms with van der Waals surface area (Å²) in [6.07, 6.45) is 1.29. The molecule has 0 saturated carbocycles. The lowest BCUT2D eigenvalue weighted by Gasteiger charge is -2.18. The molecule has 1 atom stereocenters. The van der Waals surface area contributed by atoms with Gasteiger partial charge in [-0.05, 0) is 31.0 Å². The Morgan fingerprint density at radius 2 is 1.95 bits per heavy atom. The lowest BCUT2D eigenvalue weighted by atomic mass is 10.1. The summed E-state index contributed by atoms with van der Waals surface area (Å²) in [5.74, 6) is 1.90. The highest BCUT2D eigenvalue weighted by Gasteiger charge is 2.26. The maximum Gasteiger partial charge on any atom is 0.227 e. The number of ether oxygens (including phenoxy) is 2. The first-order chi connectivity index (χ1) is 9.69. The van der Waals surface area contributed by atoms with Crippen molar-refractivity contribution >= 4 is 18.3 Å². The fourth-order valence-corrected chi connectivity index (χ4v) is 2.62. The summed E-state index contributed by atoms with van der Waals surface area (Å²) in [4.78, 5) is 14.3. The summed E-state index contributed by atoms with van der Waals surface area (Å²) in [5.41, 5.74) is 6.47. The van der Waals surface area contributed by atoms with Crippen LogP contribution in [0.25, 0.3) is 0 Å². The van der Waals surface area contributed by atoms with Gasteiger partial charge in [-0.2, -0.15) is 0 Å². The highest BCUT2D eigenvalue weighted by Crippen LogP contribution is 2.29. The van der Waals surface area contributed by atoms with E-state index < -0.39 is 0 Å². The Morgan fingerprint density at radius 3 is 2.43 bits per heavy atom. The zero-order valence-corrected chi connectivity index (χ0v) is 13.3. The van der Waals surface area contributed by atoms with Crippen LogP contribution in [0.5, 0.6) is 11.5 Å². The number of rotatable bonds is 5. The van der Waals surface area contributed by atoms with Crippen molar-refractivity contribution < 1.29 is 14.3 Å². The Kier molecular flexibility index (Phi) is 6.78. The number of nitrogens with zero attached hydrogens (tertiary/aromatic N) is 1. The maximum atomic E-state index is 12.4. The van der Waals surface area contributed by atoms with Crippen LogP contribution in [-0.4, -0.2) is 44.7 Å². The molecule has 1 aromatic rings. The lowest BCUT2D eigenvalue weighted by molar-refractivity contribution is -0.129. The summed E-state index contributed by atoms with van der Waals surface area (Å²) in [5, 5.41) is 0. The zero-order chi connectivity index (χ0) is 14.5. The summed E-state index contributed by atoms with van der Waals surface area (Å²) in [6, 6.07) is 5.54. The van der Waals surface area contributed by atoms with Gasteiger partial charge in [-0.1, -0.05) is 6.07 Å². The van der Waals surface area contributed by atoms with Crippen LogP contribution in [0.2, 0.25) is 0 Å². The van der Waals surface area contributed by atoms with E-state index in [4.69, 9.17) is 15.2 Å². The molecule has 1 aromatic carbocycles. The highest BCUT2D eigenvalue weighted by atomic mass is 35.5. The third-order valence-corrected chi connectivity index (χ3v) is 3.83. The number of hydrogen-bond donors (Lipinski definition) is 1. The number of carbonyl (C=O) groups is 1. The Labute approximate surface area is 131 Å². The van der Waals surface area contributed by atoms with Crippen molar-refractivity contribution in [2.24, 2.45) is 11.7 Å². The normalized spacial score (nSPS) is 17.3. The minimum Gasteiger partial charge on any atom is -0.496 e. The third-order valence-electron chi connectivity index (χ3n) is 3.83. The molecule has 0 aromatic heterocycles. The van der Waals surface area contributed by atoms with Crippen molar-refractivity contribution in [3.63, 3.8) is 0 Å². The van der Waals surface area contributed by atoms with Gasteiger partial charge in [-0.3, -0.25) is 4.79 Å². The van der Waals surface area contributed by atoms with E-state index in [9.17, 15) is 4.79 Å². The van der Waals surface area contributed by atoms with Gasteiger partial charge in [0.05, 0.1) is 20.6 Å². The van der Waals surface area contributed by atoms with Gasteiger partial charge in [-0.15, -0.1) is 12.4 Å². The van der Waals surface area contributed by atoms with Crippen LogP contribution in [-0.2, 0) is 11.2 Å². The number of methoxy groups -OCH3 is 2. The predicted octanol–water partition coefficient (Wildman–Crippen LogP) is 1.48. The molecule has 1 fully saturated rings. The summed E-state index contributed by atoms with van der Waals surface area (Å²) >= 11 is 0. The SMILES string of the molecule is COc1cccc(OC)c1CC(=O)N1CCC(CN)C1.Cl. The van der Waals surface area contributed by atoms with Crippen LogP contribution < -0.4 is 15.2 Å². The minimum absolute atomic E-state index is 0. The topological polar surface area (TPSA) is 64.8 Å². The average molecular weight is 315 g/mol. The van der Waals surface area contributed by atoms with E-state index in [1.807, 2.05) is 23.1 Å². The van der Waals surface area contributed by atoms with E-state index in [2.05, 4.69) is 0 Å². The molecular formula is C15H23ClN2O3. The molecule has 1 saturated heterocycles. The van der Waals surface area contributed by atoms with Crippen molar-refractivity contribution in [2.75, 3.05) is 33.9 Å². The third kappa shape index (κ3) is 4.02. The molecular weight excluding hydrogens is 292 g/mol. The molecule has 0 bridgehead atoms. The predicted molar refractivity (Wildman–Crippen MR) is 84.2 cm³/mol. The highest BCUT2D eigenvalue weighted by molar-refractivity contribution is 5.85. The molecule has 0 radical (unpaired) electrons. The second-order valence-electron chi connectivity index (χ2n) is 5.05. The van der Waals surface area contributed by atoms with Gasteiger partial charge in [0.2, 0.25) is 5.91 Å². The number of carbonyl (C=O) groups excluding carboxylic acids is 1. The van der Waals surface area contributed by atoms with Crippen LogP contribution >= 0.6 is 12.4 Å². The lowest BCUT2D eigenvalue weighted by Crippen LogP contribution is -2.31. The largest absolute Gasteiger partial charge is 0.496 e.